The van der Waals surface area contributed by atoms with Crippen molar-refractivity contribution in [2.75, 3.05) is 44.2 Å². The number of anilines is 1. The summed E-state index contributed by atoms with van der Waals surface area (Å²) in [5.41, 5.74) is 1.23. The lowest BCUT2D eigenvalue weighted by Gasteiger charge is -2.39. The first-order valence-electron chi connectivity index (χ1n) is 10.8. The number of amides is 1. The number of carbonyl (C=O) groups is 1. The zero-order valence-corrected chi connectivity index (χ0v) is 19.4. The number of para-hydroxylation sites is 1. The molecule has 0 unspecified atom stereocenters. The maximum Gasteiger partial charge on any atom is 0.227 e. The SMILES string of the molecule is O=C([C@H]1CCCN(S(=O)(=O)Cc2ccc(Cl)cc2)C1)N1CCN(c2ccccc2F)CC1. The van der Waals surface area contributed by atoms with E-state index in [-0.39, 0.29) is 29.9 Å². The lowest BCUT2D eigenvalue weighted by atomic mass is 9.97. The number of hydrogen-bond donors (Lipinski definition) is 0. The van der Waals surface area contributed by atoms with Crippen LogP contribution in [0.2, 0.25) is 5.02 Å². The van der Waals surface area contributed by atoms with Gasteiger partial charge in [-0.3, -0.25) is 4.79 Å². The number of halogens is 2. The molecule has 2 saturated heterocycles. The summed E-state index contributed by atoms with van der Waals surface area (Å²) in [5.74, 6) is -0.721. The third kappa shape index (κ3) is 5.24. The zero-order valence-electron chi connectivity index (χ0n) is 17.8. The van der Waals surface area contributed by atoms with Crippen molar-refractivity contribution >= 4 is 33.2 Å². The van der Waals surface area contributed by atoms with Gasteiger partial charge in [-0.1, -0.05) is 35.9 Å². The Morgan fingerprint density at radius 2 is 1.69 bits per heavy atom. The fourth-order valence-corrected chi connectivity index (χ4v) is 6.15. The van der Waals surface area contributed by atoms with Crippen molar-refractivity contribution in [3.8, 4) is 0 Å². The Bertz CT molecular complexity index is 1060. The molecule has 6 nitrogen and oxygen atoms in total. The molecule has 2 aliphatic rings. The molecule has 0 N–H and O–H groups in total. The number of nitrogens with zero attached hydrogens (tertiary/aromatic N) is 3. The van der Waals surface area contributed by atoms with Crippen molar-refractivity contribution in [1.29, 1.82) is 0 Å². The van der Waals surface area contributed by atoms with E-state index in [1.807, 2.05) is 4.90 Å². The fourth-order valence-electron chi connectivity index (χ4n) is 4.41. The molecule has 2 fully saturated rings. The predicted octanol–water partition coefficient (Wildman–Crippen LogP) is 3.37. The van der Waals surface area contributed by atoms with Crippen LogP contribution in [0.4, 0.5) is 10.1 Å². The lowest BCUT2D eigenvalue weighted by Crippen LogP contribution is -2.53. The van der Waals surface area contributed by atoms with E-state index in [2.05, 4.69) is 0 Å². The van der Waals surface area contributed by atoms with Gasteiger partial charge in [0, 0.05) is 44.3 Å². The van der Waals surface area contributed by atoms with Gasteiger partial charge in [0.15, 0.2) is 0 Å². The first kappa shape index (κ1) is 23.0. The van der Waals surface area contributed by atoms with E-state index in [0.717, 1.165) is 0 Å². The van der Waals surface area contributed by atoms with Gasteiger partial charge in [-0.05, 0) is 42.7 Å². The topological polar surface area (TPSA) is 60.9 Å². The molecule has 0 saturated carbocycles. The molecule has 0 aromatic heterocycles. The van der Waals surface area contributed by atoms with Gasteiger partial charge in [-0.2, -0.15) is 0 Å². The van der Waals surface area contributed by atoms with Gasteiger partial charge in [0.2, 0.25) is 15.9 Å². The maximum atomic E-state index is 14.1. The molecular formula is C23H27ClFN3O3S. The first-order chi connectivity index (χ1) is 15.3. The highest BCUT2D eigenvalue weighted by Gasteiger charge is 2.35. The first-order valence-corrected chi connectivity index (χ1v) is 12.8. The number of sulfonamides is 1. The van der Waals surface area contributed by atoms with Crippen LogP contribution in [0.3, 0.4) is 0 Å². The Kier molecular flexibility index (Phi) is 7.02. The number of carbonyl (C=O) groups excluding carboxylic acids is 1. The molecule has 172 valence electrons. The van der Waals surface area contributed by atoms with Crippen LogP contribution in [0.25, 0.3) is 0 Å². The van der Waals surface area contributed by atoms with E-state index in [1.165, 1.54) is 10.4 Å². The van der Waals surface area contributed by atoms with Gasteiger partial charge in [0.1, 0.15) is 5.82 Å². The predicted molar refractivity (Wildman–Crippen MR) is 124 cm³/mol. The lowest BCUT2D eigenvalue weighted by molar-refractivity contribution is -0.137. The smallest absolute Gasteiger partial charge is 0.227 e. The number of hydrogen-bond acceptors (Lipinski definition) is 4. The summed E-state index contributed by atoms with van der Waals surface area (Å²) in [7, 11) is -3.53. The largest absolute Gasteiger partial charge is 0.366 e. The Morgan fingerprint density at radius 1 is 1.00 bits per heavy atom. The molecule has 9 heteroatoms. The number of rotatable bonds is 5. The van der Waals surface area contributed by atoms with Gasteiger partial charge in [0.25, 0.3) is 0 Å². The third-order valence-electron chi connectivity index (χ3n) is 6.17. The Morgan fingerprint density at radius 3 is 2.38 bits per heavy atom. The quantitative estimate of drug-likeness (QED) is 0.659. The highest BCUT2D eigenvalue weighted by Crippen LogP contribution is 2.25. The molecule has 32 heavy (non-hydrogen) atoms. The van der Waals surface area contributed by atoms with Crippen molar-refractivity contribution in [1.82, 2.24) is 9.21 Å². The highest BCUT2D eigenvalue weighted by atomic mass is 35.5. The summed E-state index contributed by atoms with van der Waals surface area (Å²) >= 11 is 5.89. The van der Waals surface area contributed by atoms with E-state index in [1.54, 1.807) is 47.4 Å². The van der Waals surface area contributed by atoms with Gasteiger partial charge < -0.3 is 9.80 Å². The second-order valence-electron chi connectivity index (χ2n) is 8.34. The molecule has 0 bridgehead atoms. The van der Waals surface area contributed by atoms with Gasteiger partial charge in [-0.15, -0.1) is 0 Å². The van der Waals surface area contributed by atoms with Crippen LogP contribution in [0.5, 0.6) is 0 Å². The normalized spacial score (nSPS) is 20.4. The summed E-state index contributed by atoms with van der Waals surface area (Å²) in [6.45, 7) is 2.75. The standard InChI is InChI=1S/C23H27ClFN3O3S/c24-20-9-7-18(8-10-20)17-32(30,31)28-11-3-4-19(16-28)23(29)27-14-12-26(13-15-27)22-6-2-1-5-21(22)25/h1-2,5-10,19H,3-4,11-17H2/t19-/m0/s1. The Balaban J connectivity index is 1.35. The van der Waals surface area contributed by atoms with Crippen molar-refractivity contribution in [2.45, 2.75) is 18.6 Å². The van der Waals surface area contributed by atoms with E-state index in [9.17, 15) is 17.6 Å². The molecule has 2 aliphatic heterocycles. The minimum Gasteiger partial charge on any atom is -0.366 e. The van der Waals surface area contributed by atoms with Crippen molar-refractivity contribution < 1.29 is 17.6 Å². The fraction of sp³-hybridized carbons (Fsp3) is 0.435. The minimum atomic E-state index is -3.53. The summed E-state index contributed by atoms with van der Waals surface area (Å²) in [6, 6.07) is 13.4. The molecule has 2 aromatic rings. The Labute approximate surface area is 193 Å². The summed E-state index contributed by atoms with van der Waals surface area (Å²) in [4.78, 5) is 16.9. The van der Waals surface area contributed by atoms with E-state index in [4.69, 9.17) is 11.6 Å². The molecule has 1 amide bonds. The number of benzene rings is 2. The second-order valence-corrected chi connectivity index (χ2v) is 10.7. The molecule has 0 radical (unpaired) electrons. The van der Waals surface area contributed by atoms with Crippen LogP contribution in [0, 0.1) is 11.7 Å². The molecule has 2 aromatic carbocycles. The number of piperidine rings is 1. The van der Waals surface area contributed by atoms with Gasteiger partial charge >= 0.3 is 0 Å². The van der Waals surface area contributed by atoms with Gasteiger partial charge in [-0.25, -0.2) is 17.1 Å². The minimum absolute atomic E-state index is 0.00965. The molecule has 4 rings (SSSR count). The van der Waals surface area contributed by atoms with Crippen molar-refractivity contribution in [2.24, 2.45) is 5.92 Å². The third-order valence-corrected chi connectivity index (χ3v) is 8.24. The van der Waals surface area contributed by atoms with Crippen LogP contribution in [0.1, 0.15) is 18.4 Å². The summed E-state index contributed by atoms with van der Waals surface area (Å²) < 4.78 is 41.4. The molecule has 0 spiro atoms. The Hall–Kier alpha value is -2.16. The zero-order chi connectivity index (χ0) is 22.7. The molecule has 2 heterocycles. The summed E-state index contributed by atoms with van der Waals surface area (Å²) in [5, 5.41) is 0.560. The van der Waals surface area contributed by atoms with Crippen LogP contribution < -0.4 is 4.90 Å². The maximum absolute atomic E-state index is 14.1. The average Bonchev–Trinajstić information content (AvgIpc) is 2.80. The molecule has 0 aliphatic carbocycles. The monoisotopic (exact) mass is 479 g/mol. The summed E-state index contributed by atoms with van der Waals surface area (Å²) in [6.07, 6.45) is 1.34. The van der Waals surface area contributed by atoms with Crippen LogP contribution in [0.15, 0.2) is 48.5 Å². The van der Waals surface area contributed by atoms with Gasteiger partial charge in [0.05, 0.1) is 17.4 Å². The van der Waals surface area contributed by atoms with E-state index in [0.29, 0.717) is 61.8 Å². The highest BCUT2D eigenvalue weighted by molar-refractivity contribution is 7.88. The van der Waals surface area contributed by atoms with E-state index >= 15 is 0 Å². The molecular weight excluding hydrogens is 453 g/mol. The van der Waals surface area contributed by atoms with Crippen molar-refractivity contribution in [3.63, 3.8) is 0 Å². The van der Waals surface area contributed by atoms with Crippen LogP contribution in [-0.2, 0) is 20.6 Å². The molecule has 1 atom stereocenters. The van der Waals surface area contributed by atoms with Crippen LogP contribution in [-0.4, -0.2) is 62.8 Å². The van der Waals surface area contributed by atoms with Crippen LogP contribution >= 0.6 is 11.6 Å². The second kappa shape index (κ2) is 9.77. The van der Waals surface area contributed by atoms with Crippen molar-refractivity contribution in [3.05, 3.63) is 64.9 Å². The van der Waals surface area contributed by atoms with E-state index < -0.39 is 10.0 Å². The average molecular weight is 480 g/mol. The number of piperazine rings is 1.